The molecule has 91 valence electrons. The first kappa shape index (κ1) is 14.1. The van der Waals surface area contributed by atoms with Gasteiger partial charge < -0.3 is 0 Å². The maximum Gasteiger partial charge on any atom is 1.00 e. The Hall–Kier alpha value is 0.662. The van der Waals surface area contributed by atoms with Gasteiger partial charge in [0.1, 0.15) is 0 Å². The monoisotopic (exact) mass is 225 g/mol. The van der Waals surface area contributed by atoms with Crippen LogP contribution >= 0.6 is 0 Å². The molecule has 0 saturated heterocycles. The van der Waals surface area contributed by atoms with E-state index in [0.717, 1.165) is 24.2 Å². The van der Waals surface area contributed by atoms with Crippen molar-refractivity contribution in [1.29, 1.82) is 0 Å². The molecule has 17 heavy (non-hydrogen) atoms. The third-order valence-corrected chi connectivity index (χ3v) is 5.83. The van der Waals surface area contributed by atoms with Gasteiger partial charge in [0.2, 0.25) is 0 Å². The summed E-state index contributed by atoms with van der Waals surface area (Å²) in [6.45, 7) is 1.16. The van der Waals surface area contributed by atoms with Crippen molar-refractivity contribution in [2.45, 2.75) is 94.5 Å². The Morgan fingerprint density at radius 3 is 0.941 bits per heavy atom. The van der Waals surface area contributed by atoms with Crippen LogP contribution in [0.25, 0.3) is 0 Å². The molecule has 0 aliphatic heterocycles. The smallest absolute Gasteiger partial charge is 0.196 e. The van der Waals surface area contributed by atoms with E-state index in [1.807, 2.05) is 0 Å². The summed E-state index contributed by atoms with van der Waals surface area (Å²) in [6, 6.07) is 0. The Morgan fingerprint density at radius 2 is 0.706 bits per heavy atom. The fraction of sp³-hybridized carbons (Fsp3) is 1.00. The van der Waals surface area contributed by atoms with E-state index in [4.69, 9.17) is 0 Å². The van der Waals surface area contributed by atoms with Gasteiger partial charge in [-0.25, -0.2) is 0 Å². The Kier molecular flexibility index (Phi) is 5.57. The van der Waals surface area contributed by atoms with Crippen LogP contribution in [0, 0.1) is 0 Å². The van der Waals surface area contributed by atoms with Crippen molar-refractivity contribution in [3.8, 4) is 0 Å². The van der Waals surface area contributed by atoms with Gasteiger partial charge in [0, 0.05) is 0 Å². The molecular weight excluding hydrogens is 198 g/mol. The second-order valence-corrected chi connectivity index (χ2v) is 6.71. The summed E-state index contributed by atoms with van der Waals surface area (Å²) in [7, 11) is 0. The van der Waals surface area contributed by atoms with Crippen molar-refractivity contribution in [3.63, 3.8) is 0 Å². The predicted octanol–water partition coefficient (Wildman–Crippen LogP) is 2.32. The maximum absolute atomic E-state index is 1.58. The van der Waals surface area contributed by atoms with Crippen LogP contribution in [-0.2, 0) is 0 Å². The van der Waals surface area contributed by atoms with Crippen LogP contribution < -0.4 is 18.9 Å². The molecule has 0 bridgehead atoms. The largest absolute Gasteiger partial charge is 1.00 e. The average Bonchev–Trinajstić information content (AvgIpc) is 3.02. The van der Waals surface area contributed by atoms with Crippen molar-refractivity contribution in [2.75, 3.05) is 0 Å². The van der Waals surface area contributed by atoms with Crippen LogP contribution in [0.1, 0.15) is 77.0 Å². The summed E-state index contributed by atoms with van der Waals surface area (Å²) in [5.41, 5.74) is 0. The Morgan fingerprint density at radius 1 is 0.471 bits per heavy atom. The van der Waals surface area contributed by atoms with Crippen molar-refractivity contribution < 1.29 is 18.9 Å². The average molecular weight is 225 g/mol. The summed E-state index contributed by atoms with van der Waals surface area (Å²) in [6.07, 6.45) is 18.7. The van der Waals surface area contributed by atoms with E-state index in [1.165, 1.54) is 0 Å². The van der Waals surface area contributed by atoms with E-state index in [-0.39, 0.29) is 18.9 Å². The van der Waals surface area contributed by atoms with E-state index in [9.17, 15) is 0 Å². The standard InChI is InChI=1S/C15H27B.Li/c1-2-8-13(7-1)16(14-9-3-4-10-14)15-11-5-6-12-15;/h13-15H,1-12H2;/q-1;+1. The molecule has 0 heterocycles. The SMILES string of the molecule is C1CCC([B-](C2CCCC2)C2CCCC2)C1.[Li+]. The first-order chi connectivity index (χ1) is 7.95. The fourth-order valence-electron chi connectivity index (χ4n) is 5.18. The van der Waals surface area contributed by atoms with Crippen LogP contribution in [0.15, 0.2) is 0 Å². The third kappa shape index (κ3) is 3.16. The van der Waals surface area contributed by atoms with E-state index in [2.05, 4.69) is 0 Å². The molecule has 3 rings (SSSR count). The molecule has 3 aliphatic rings. The molecule has 0 aromatic carbocycles. The van der Waals surface area contributed by atoms with Crippen LogP contribution in [0.2, 0.25) is 17.5 Å². The maximum atomic E-state index is 1.58. The summed E-state index contributed by atoms with van der Waals surface area (Å²) in [4.78, 5) is 0. The van der Waals surface area contributed by atoms with Gasteiger partial charge in [-0.15, -0.1) is 6.71 Å². The molecule has 0 unspecified atom stereocenters. The summed E-state index contributed by atoms with van der Waals surface area (Å²) >= 11 is 0. The minimum Gasteiger partial charge on any atom is -0.196 e. The van der Waals surface area contributed by atoms with Gasteiger partial charge in [-0.2, -0.15) is 17.5 Å². The van der Waals surface area contributed by atoms with E-state index in [1.54, 1.807) is 77.0 Å². The fourth-order valence-corrected chi connectivity index (χ4v) is 5.18. The zero-order valence-electron chi connectivity index (χ0n) is 11.8. The molecular formula is C15H27BLi. The minimum atomic E-state index is 0. The van der Waals surface area contributed by atoms with Gasteiger partial charge in [-0.3, -0.25) is 0 Å². The molecule has 3 saturated carbocycles. The van der Waals surface area contributed by atoms with Crippen molar-refractivity contribution in [2.24, 2.45) is 0 Å². The van der Waals surface area contributed by atoms with Crippen LogP contribution in [-0.4, -0.2) is 6.71 Å². The number of rotatable bonds is 3. The van der Waals surface area contributed by atoms with Crippen molar-refractivity contribution in [1.82, 2.24) is 0 Å². The molecule has 0 aromatic heterocycles. The Bertz CT molecular complexity index is 175. The third-order valence-electron chi connectivity index (χ3n) is 5.83. The topological polar surface area (TPSA) is 0 Å². The zero-order chi connectivity index (χ0) is 10.8. The van der Waals surface area contributed by atoms with Gasteiger partial charge >= 0.3 is 18.9 Å². The molecule has 0 atom stereocenters. The second kappa shape index (κ2) is 6.72. The van der Waals surface area contributed by atoms with E-state index >= 15 is 0 Å². The molecule has 1 radical (unpaired) electrons. The molecule has 2 heteroatoms. The van der Waals surface area contributed by atoms with E-state index in [0.29, 0.717) is 0 Å². The van der Waals surface area contributed by atoms with Crippen molar-refractivity contribution >= 4 is 6.71 Å². The predicted molar refractivity (Wildman–Crippen MR) is 72.4 cm³/mol. The molecule has 0 N–H and O–H groups in total. The summed E-state index contributed by atoms with van der Waals surface area (Å²) < 4.78 is 0. The summed E-state index contributed by atoms with van der Waals surface area (Å²) in [5, 5.41) is 0. The Balaban J connectivity index is 0.00000108. The van der Waals surface area contributed by atoms with Gasteiger partial charge in [-0.1, -0.05) is 77.0 Å². The molecule has 0 aromatic rings. The number of hydrogen-bond donors (Lipinski definition) is 0. The van der Waals surface area contributed by atoms with Gasteiger partial charge in [0.25, 0.3) is 0 Å². The van der Waals surface area contributed by atoms with Crippen molar-refractivity contribution in [3.05, 3.63) is 0 Å². The van der Waals surface area contributed by atoms with Gasteiger partial charge in [0.15, 0.2) is 0 Å². The first-order valence-electron chi connectivity index (χ1n) is 7.95. The van der Waals surface area contributed by atoms with Gasteiger partial charge in [-0.05, 0) is 0 Å². The van der Waals surface area contributed by atoms with Crippen LogP contribution in [0.3, 0.4) is 0 Å². The second-order valence-electron chi connectivity index (χ2n) is 6.71. The Labute approximate surface area is 120 Å². The first-order valence-corrected chi connectivity index (χ1v) is 7.95. The zero-order valence-corrected chi connectivity index (χ0v) is 11.8. The van der Waals surface area contributed by atoms with Gasteiger partial charge in [0.05, 0.1) is 0 Å². The molecule has 0 nitrogen and oxygen atoms in total. The molecule has 3 aliphatic carbocycles. The molecule has 0 amide bonds. The van der Waals surface area contributed by atoms with Crippen LogP contribution in [0.4, 0.5) is 0 Å². The molecule has 3 fully saturated rings. The number of hydrogen-bond acceptors (Lipinski definition) is 0. The normalized spacial score (nSPS) is 28.1. The minimum absolute atomic E-state index is 0. The van der Waals surface area contributed by atoms with Crippen LogP contribution in [0.5, 0.6) is 0 Å². The quantitative estimate of drug-likeness (QED) is 0.646. The molecule has 0 spiro atoms. The van der Waals surface area contributed by atoms with E-state index < -0.39 is 0 Å². The summed E-state index contributed by atoms with van der Waals surface area (Å²) in [5.74, 6) is 3.43.